The number of carbonyl (C=O) groups excluding carboxylic acids is 2. The van der Waals surface area contributed by atoms with Crippen LogP contribution in [0, 0.1) is 5.41 Å². The molecular formula is C16H26N4O2S. The van der Waals surface area contributed by atoms with Crippen LogP contribution in [0.1, 0.15) is 50.8 Å². The van der Waals surface area contributed by atoms with E-state index in [1.54, 1.807) is 0 Å². The van der Waals surface area contributed by atoms with Gasteiger partial charge in [-0.3, -0.25) is 9.59 Å². The van der Waals surface area contributed by atoms with Crippen LogP contribution in [0.3, 0.4) is 0 Å². The second-order valence-corrected chi connectivity index (χ2v) is 8.22. The van der Waals surface area contributed by atoms with Gasteiger partial charge in [0.05, 0.1) is 6.54 Å². The van der Waals surface area contributed by atoms with E-state index < -0.39 is 0 Å². The van der Waals surface area contributed by atoms with Crippen molar-refractivity contribution in [2.45, 2.75) is 46.0 Å². The van der Waals surface area contributed by atoms with Gasteiger partial charge in [0.2, 0.25) is 11.8 Å². The van der Waals surface area contributed by atoms with Crippen molar-refractivity contribution in [2.24, 2.45) is 5.41 Å². The molecule has 0 radical (unpaired) electrons. The van der Waals surface area contributed by atoms with Crippen molar-refractivity contribution in [3.8, 4) is 0 Å². The summed E-state index contributed by atoms with van der Waals surface area (Å²) in [5, 5.41) is 9.35. The van der Waals surface area contributed by atoms with E-state index in [0.717, 1.165) is 25.9 Å². The molecule has 128 valence electrons. The highest BCUT2D eigenvalue weighted by atomic mass is 32.1. The molecular weight excluding hydrogens is 312 g/mol. The fraction of sp³-hybridized carbons (Fsp3) is 0.688. The van der Waals surface area contributed by atoms with Crippen molar-refractivity contribution >= 4 is 28.3 Å². The van der Waals surface area contributed by atoms with Gasteiger partial charge in [0.15, 0.2) is 5.13 Å². The summed E-state index contributed by atoms with van der Waals surface area (Å²) in [5.74, 6) is 0.187. The predicted octanol–water partition coefficient (Wildman–Crippen LogP) is 2.10. The third-order valence-corrected chi connectivity index (χ3v) is 4.72. The highest BCUT2D eigenvalue weighted by Crippen LogP contribution is 2.31. The van der Waals surface area contributed by atoms with E-state index in [1.807, 2.05) is 27.0 Å². The lowest BCUT2D eigenvalue weighted by atomic mass is 9.92. The van der Waals surface area contributed by atoms with Gasteiger partial charge in [0, 0.05) is 17.5 Å². The SMILES string of the molecule is CC(C)(C)CC(=O)NCC(=O)Nc1ncc(C2CCNCC2)s1. The monoisotopic (exact) mass is 338 g/mol. The molecule has 2 rings (SSSR count). The van der Waals surface area contributed by atoms with Crippen LogP contribution in [0.2, 0.25) is 0 Å². The molecule has 6 nitrogen and oxygen atoms in total. The predicted molar refractivity (Wildman–Crippen MR) is 92.7 cm³/mol. The largest absolute Gasteiger partial charge is 0.347 e. The molecule has 2 amide bonds. The molecule has 1 saturated heterocycles. The number of thiazole rings is 1. The Labute approximate surface area is 141 Å². The van der Waals surface area contributed by atoms with Gasteiger partial charge >= 0.3 is 0 Å². The maximum atomic E-state index is 11.9. The highest BCUT2D eigenvalue weighted by molar-refractivity contribution is 7.15. The summed E-state index contributed by atoms with van der Waals surface area (Å²) in [6.07, 6.45) is 4.47. The first kappa shape index (κ1) is 17.9. The van der Waals surface area contributed by atoms with Gasteiger partial charge < -0.3 is 16.0 Å². The zero-order chi connectivity index (χ0) is 16.9. The number of anilines is 1. The van der Waals surface area contributed by atoms with Gasteiger partial charge in [-0.2, -0.15) is 0 Å². The summed E-state index contributed by atoms with van der Waals surface area (Å²) in [4.78, 5) is 29.1. The zero-order valence-corrected chi connectivity index (χ0v) is 14.9. The summed E-state index contributed by atoms with van der Waals surface area (Å²) in [6.45, 7) is 8.02. The molecule has 0 aromatic carbocycles. The van der Waals surface area contributed by atoms with Gasteiger partial charge in [-0.05, 0) is 37.3 Å². The Morgan fingerprint density at radius 1 is 1.30 bits per heavy atom. The van der Waals surface area contributed by atoms with E-state index in [4.69, 9.17) is 0 Å². The minimum atomic E-state index is -0.238. The zero-order valence-electron chi connectivity index (χ0n) is 14.1. The van der Waals surface area contributed by atoms with Crippen LogP contribution in [0.15, 0.2) is 6.20 Å². The second-order valence-electron chi connectivity index (χ2n) is 7.15. The Morgan fingerprint density at radius 2 is 2.00 bits per heavy atom. The lowest BCUT2D eigenvalue weighted by Crippen LogP contribution is -2.34. The van der Waals surface area contributed by atoms with Crippen molar-refractivity contribution in [1.29, 1.82) is 0 Å². The van der Waals surface area contributed by atoms with Gasteiger partial charge in [-0.1, -0.05) is 20.8 Å². The number of nitrogens with zero attached hydrogens (tertiary/aromatic N) is 1. The van der Waals surface area contributed by atoms with E-state index in [1.165, 1.54) is 16.2 Å². The van der Waals surface area contributed by atoms with Crippen molar-refractivity contribution < 1.29 is 9.59 Å². The normalized spacial score (nSPS) is 16.1. The van der Waals surface area contributed by atoms with E-state index >= 15 is 0 Å². The average molecular weight is 338 g/mol. The Bertz CT molecular complexity index is 545. The van der Waals surface area contributed by atoms with Gasteiger partial charge in [-0.25, -0.2) is 4.98 Å². The van der Waals surface area contributed by atoms with Crippen molar-refractivity contribution in [3.05, 3.63) is 11.1 Å². The molecule has 3 N–H and O–H groups in total. The maximum absolute atomic E-state index is 11.9. The Hall–Kier alpha value is -1.47. The lowest BCUT2D eigenvalue weighted by Gasteiger charge is -2.20. The number of hydrogen-bond donors (Lipinski definition) is 3. The number of piperidine rings is 1. The number of rotatable bonds is 5. The first-order valence-corrected chi connectivity index (χ1v) is 8.88. The topological polar surface area (TPSA) is 83.1 Å². The molecule has 1 aliphatic rings. The molecule has 0 unspecified atom stereocenters. The van der Waals surface area contributed by atoms with Crippen LogP contribution in [-0.2, 0) is 9.59 Å². The molecule has 0 bridgehead atoms. The van der Waals surface area contributed by atoms with Crippen molar-refractivity contribution in [3.63, 3.8) is 0 Å². The van der Waals surface area contributed by atoms with Crippen LogP contribution in [-0.4, -0.2) is 36.4 Å². The molecule has 2 heterocycles. The quantitative estimate of drug-likeness (QED) is 0.768. The van der Waals surface area contributed by atoms with Crippen LogP contribution in [0.4, 0.5) is 5.13 Å². The fourth-order valence-electron chi connectivity index (χ4n) is 2.53. The Kier molecular flexibility index (Phi) is 6.12. The lowest BCUT2D eigenvalue weighted by molar-refractivity contribution is -0.125. The van der Waals surface area contributed by atoms with E-state index in [0.29, 0.717) is 17.5 Å². The fourth-order valence-corrected chi connectivity index (χ4v) is 3.53. The minimum Gasteiger partial charge on any atom is -0.347 e. The van der Waals surface area contributed by atoms with E-state index in [9.17, 15) is 9.59 Å². The first-order valence-electron chi connectivity index (χ1n) is 8.06. The molecule has 1 aromatic rings. The molecule has 0 saturated carbocycles. The summed E-state index contributed by atoms with van der Waals surface area (Å²) >= 11 is 1.53. The summed E-state index contributed by atoms with van der Waals surface area (Å²) in [5.41, 5.74) is -0.0837. The van der Waals surface area contributed by atoms with Crippen LogP contribution >= 0.6 is 11.3 Å². The van der Waals surface area contributed by atoms with Gasteiger partial charge in [0.25, 0.3) is 0 Å². The molecule has 1 aliphatic heterocycles. The maximum Gasteiger partial charge on any atom is 0.245 e. The Morgan fingerprint density at radius 3 is 2.65 bits per heavy atom. The number of hydrogen-bond acceptors (Lipinski definition) is 5. The molecule has 1 aromatic heterocycles. The summed E-state index contributed by atoms with van der Waals surface area (Å²) < 4.78 is 0. The third kappa shape index (κ3) is 6.27. The van der Waals surface area contributed by atoms with E-state index in [-0.39, 0.29) is 23.8 Å². The first-order chi connectivity index (χ1) is 10.8. The average Bonchev–Trinajstić information content (AvgIpc) is 2.93. The van der Waals surface area contributed by atoms with Crippen molar-refractivity contribution in [2.75, 3.05) is 25.0 Å². The highest BCUT2D eigenvalue weighted by Gasteiger charge is 2.19. The molecule has 23 heavy (non-hydrogen) atoms. The Balaban J connectivity index is 1.77. The van der Waals surface area contributed by atoms with Crippen molar-refractivity contribution in [1.82, 2.24) is 15.6 Å². The summed E-state index contributed by atoms with van der Waals surface area (Å²) in [7, 11) is 0. The number of carbonyl (C=O) groups is 2. The third-order valence-electron chi connectivity index (χ3n) is 3.65. The molecule has 0 aliphatic carbocycles. The van der Waals surface area contributed by atoms with Crippen LogP contribution in [0.5, 0.6) is 0 Å². The molecule has 0 spiro atoms. The van der Waals surface area contributed by atoms with Gasteiger partial charge in [-0.15, -0.1) is 11.3 Å². The number of aromatic nitrogens is 1. The number of amides is 2. The number of nitrogens with one attached hydrogen (secondary N) is 3. The smallest absolute Gasteiger partial charge is 0.245 e. The molecule has 1 fully saturated rings. The van der Waals surface area contributed by atoms with Gasteiger partial charge in [0.1, 0.15) is 0 Å². The van der Waals surface area contributed by atoms with E-state index in [2.05, 4.69) is 20.9 Å². The second kappa shape index (κ2) is 7.88. The van der Waals surface area contributed by atoms with Crippen LogP contribution < -0.4 is 16.0 Å². The minimum absolute atomic E-state index is 0.0167. The molecule has 0 atom stereocenters. The standard InChI is InChI=1S/C16H26N4O2S/c1-16(2,3)8-13(21)18-10-14(22)20-15-19-9-12(23-15)11-4-6-17-7-5-11/h9,11,17H,4-8,10H2,1-3H3,(H,18,21)(H,19,20,22). The summed E-state index contributed by atoms with van der Waals surface area (Å²) in [6, 6.07) is 0. The molecule has 7 heteroatoms. The van der Waals surface area contributed by atoms with Crippen LogP contribution in [0.25, 0.3) is 0 Å².